The van der Waals surface area contributed by atoms with Crippen molar-refractivity contribution in [3.05, 3.63) is 72.8 Å². The Morgan fingerprint density at radius 3 is 1.42 bits per heavy atom. The molecule has 0 atom stereocenters. The molecule has 0 spiro atoms. The molecule has 0 bridgehead atoms. The van der Waals surface area contributed by atoms with E-state index in [-0.39, 0.29) is 55.0 Å². The maximum Gasteiger partial charge on any atom is 0.573 e. The fourth-order valence-corrected chi connectivity index (χ4v) is 6.66. The average molecular weight is 783 g/mol. The summed E-state index contributed by atoms with van der Waals surface area (Å²) in [7, 11) is -2.42. The Labute approximate surface area is 298 Å². The Kier molecular flexibility index (Phi) is 12.8. The topological polar surface area (TPSA) is 135 Å². The number of hydrogen-bond acceptors (Lipinski definition) is 8. The van der Waals surface area contributed by atoms with E-state index in [9.17, 15) is 48.7 Å². The summed E-state index contributed by atoms with van der Waals surface area (Å²) in [5, 5.41) is 7.62. The molecular formula is C33H34F8N4O7S. The largest absolute Gasteiger partial charge is 0.573 e. The molecule has 0 radical (unpaired) electrons. The molecule has 2 aliphatic rings. The van der Waals surface area contributed by atoms with Crippen molar-refractivity contribution in [1.82, 2.24) is 9.62 Å². The minimum Gasteiger partial charge on any atom is -0.497 e. The third kappa shape index (κ3) is 11.6. The fraction of sp³-hybridized carbons (Fsp3) is 0.394. The van der Waals surface area contributed by atoms with E-state index in [1.807, 2.05) is 0 Å². The van der Waals surface area contributed by atoms with E-state index in [0.717, 1.165) is 40.7 Å². The van der Waals surface area contributed by atoms with Gasteiger partial charge in [0, 0.05) is 50.1 Å². The summed E-state index contributed by atoms with van der Waals surface area (Å²) in [6.07, 6.45) is -10.2. The first kappa shape index (κ1) is 41.1. The van der Waals surface area contributed by atoms with Crippen LogP contribution < -0.4 is 30.2 Å². The molecule has 2 saturated heterocycles. The van der Waals surface area contributed by atoms with E-state index in [0.29, 0.717) is 18.8 Å². The maximum atomic E-state index is 15.2. The zero-order valence-corrected chi connectivity index (χ0v) is 28.6. The number of hydrogen-bond donors (Lipinski definition) is 3. The number of halogens is 8. The Morgan fingerprint density at radius 2 is 1.04 bits per heavy atom. The van der Waals surface area contributed by atoms with Gasteiger partial charge >= 0.3 is 12.7 Å². The molecule has 20 heteroatoms. The maximum absolute atomic E-state index is 15.2. The first-order chi connectivity index (χ1) is 24.7. The van der Waals surface area contributed by atoms with Crippen LogP contribution in [0.1, 0.15) is 25.7 Å². The standard InChI is InChI=1S/C20H20F4N2O5S.C13H14F4N2O2/c1-30-15-6-8-17(9-7-15)32(28,29)26-12-10-19(21,11-13-26)18(27)25-14-2-4-16(5-3-14)31-20(22,23)24;14-12(5-7-18-8-6-12)11(20)19-9-1-3-10(4-2-9)21-13(15,16)17/h2-9H,10-13H2,1H3,(H,25,27);1-4,18H,5-8H2,(H,19,20). The van der Waals surface area contributed by atoms with Crippen LogP contribution in [0.4, 0.5) is 46.5 Å². The van der Waals surface area contributed by atoms with Crippen LogP contribution in [0.25, 0.3) is 0 Å². The molecule has 2 amide bonds. The summed E-state index contributed by atoms with van der Waals surface area (Å²) in [5.41, 5.74) is -3.99. The van der Waals surface area contributed by atoms with E-state index in [1.165, 1.54) is 43.5 Å². The van der Waals surface area contributed by atoms with E-state index >= 15 is 4.39 Å². The molecule has 0 aromatic heterocycles. The van der Waals surface area contributed by atoms with Gasteiger partial charge in [0.05, 0.1) is 12.0 Å². The highest BCUT2D eigenvalue weighted by atomic mass is 32.2. The molecule has 0 unspecified atom stereocenters. The summed E-state index contributed by atoms with van der Waals surface area (Å²) >= 11 is 0. The normalized spacial score (nSPS) is 17.4. The number of nitrogens with zero attached hydrogens (tertiary/aromatic N) is 1. The van der Waals surface area contributed by atoms with Gasteiger partial charge in [0.15, 0.2) is 11.3 Å². The Bertz CT molecular complexity index is 1800. The SMILES string of the molecule is COc1ccc(S(=O)(=O)N2CCC(F)(C(=O)Nc3ccc(OC(F)(F)F)cc3)CC2)cc1.O=C(Nc1ccc(OC(F)(F)F)cc1)C1(F)CCNCC1. The van der Waals surface area contributed by atoms with Crippen molar-refractivity contribution in [2.45, 2.75) is 54.6 Å². The van der Waals surface area contributed by atoms with Crippen molar-refractivity contribution in [2.24, 2.45) is 0 Å². The molecule has 2 fully saturated rings. The molecule has 2 aliphatic heterocycles. The Hall–Kier alpha value is -4.69. The van der Waals surface area contributed by atoms with Gasteiger partial charge in [-0.05, 0) is 85.9 Å². The summed E-state index contributed by atoms with van der Waals surface area (Å²) in [4.78, 5) is 24.3. The van der Waals surface area contributed by atoms with Crippen molar-refractivity contribution in [1.29, 1.82) is 0 Å². The highest BCUT2D eigenvalue weighted by Gasteiger charge is 2.44. The lowest BCUT2D eigenvalue weighted by atomic mass is 9.93. The molecule has 0 saturated carbocycles. The Morgan fingerprint density at radius 1 is 0.660 bits per heavy atom. The third-order valence-electron chi connectivity index (χ3n) is 8.11. The average Bonchev–Trinajstić information content (AvgIpc) is 3.09. The van der Waals surface area contributed by atoms with E-state index in [1.54, 1.807) is 0 Å². The summed E-state index contributed by atoms with van der Waals surface area (Å²) < 4.78 is 141. The zero-order chi connectivity index (χ0) is 39.1. The molecule has 3 N–H and O–H groups in total. The van der Waals surface area contributed by atoms with Crippen molar-refractivity contribution in [3.8, 4) is 17.2 Å². The number of methoxy groups -OCH3 is 1. The summed E-state index contributed by atoms with van der Waals surface area (Å²) in [5.74, 6) is -2.18. The lowest BCUT2D eigenvalue weighted by Gasteiger charge is -2.34. The van der Waals surface area contributed by atoms with Crippen LogP contribution in [0.3, 0.4) is 0 Å². The number of carbonyl (C=O) groups is 2. The van der Waals surface area contributed by atoms with E-state index < -0.39 is 57.4 Å². The number of anilines is 2. The molecular weight excluding hydrogens is 748 g/mol. The number of benzene rings is 3. The van der Waals surface area contributed by atoms with Crippen molar-refractivity contribution < 1.29 is 67.3 Å². The lowest BCUT2D eigenvalue weighted by Crippen LogP contribution is -2.50. The zero-order valence-electron chi connectivity index (χ0n) is 27.8. The molecule has 53 heavy (non-hydrogen) atoms. The number of piperidine rings is 2. The number of carbonyl (C=O) groups excluding carboxylic acids is 2. The van der Waals surface area contributed by atoms with Crippen LogP contribution >= 0.6 is 0 Å². The van der Waals surface area contributed by atoms with Gasteiger partial charge in [0.2, 0.25) is 10.0 Å². The van der Waals surface area contributed by atoms with Gasteiger partial charge in [0.25, 0.3) is 11.8 Å². The molecule has 5 rings (SSSR count). The third-order valence-corrected chi connectivity index (χ3v) is 10.0. The van der Waals surface area contributed by atoms with Gasteiger partial charge in [0.1, 0.15) is 17.2 Å². The monoisotopic (exact) mass is 782 g/mol. The van der Waals surface area contributed by atoms with Gasteiger partial charge < -0.3 is 30.2 Å². The highest BCUT2D eigenvalue weighted by molar-refractivity contribution is 7.89. The number of alkyl halides is 8. The van der Waals surface area contributed by atoms with Crippen LogP contribution in [0.15, 0.2) is 77.7 Å². The van der Waals surface area contributed by atoms with Gasteiger partial charge in [-0.3, -0.25) is 9.59 Å². The van der Waals surface area contributed by atoms with Gasteiger partial charge in [-0.25, -0.2) is 17.2 Å². The van der Waals surface area contributed by atoms with Crippen molar-refractivity contribution in [3.63, 3.8) is 0 Å². The van der Waals surface area contributed by atoms with Crippen LogP contribution in [-0.4, -0.2) is 81.9 Å². The number of sulfonamides is 1. The predicted octanol–water partition coefficient (Wildman–Crippen LogP) is 6.34. The molecule has 290 valence electrons. The van der Waals surface area contributed by atoms with Crippen LogP contribution in [0.2, 0.25) is 0 Å². The molecule has 11 nitrogen and oxygen atoms in total. The smallest absolute Gasteiger partial charge is 0.497 e. The van der Waals surface area contributed by atoms with Crippen LogP contribution in [-0.2, 0) is 19.6 Å². The van der Waals surface area contributed by atoms with Gasteiger partial charge in [-0.1, -0.05) is 0 Å². The van der Waals surface area contributed by atoms with Gasteiger partial charge in [-0.15, -0.1) is 26.3 Å². The second-order valence-corrected chi connectivity index (χ2v) is 13.8. The second-order valence-electron chi connectivity index (χ2n) is 11.8. The lowest BCUT2D eigenvalue weighted by molar-refractivity contribution is -0.275. The quantitative estimate of drug-likeness (QED) is 0.214. The Balaban J connectivity index is 0.000000258. The van der Waals surface area contributed by atoms with Crippen LogP contribution in [0, 0.1) is 0 Å². The number of rotatable bonds is 9. The minimum absolute atomic E-state index is 0.0234. The molecule has 0 aliphatic carbocycles. The van der Waals surface area contributed by atoms with E-state index in [4.69, 9.17) is 4.74 Å². The number of nitrogens with one attached hydrogen (secondary N) is 3. The number of amides is 2. The van der Waals surface area contributed by atoms with E-state index in [2.05, 4.69) is 25.4 Å². The number of ether oxygens (including phenoxy) is 3. The molecule has 3 aromatic rings. The van der Waals surface area contributed by atoms with Crippen molar-refractivity contribution in [2.75, 3.05) is 43.9 Å². The predicted molar refractivity (Wildman–Crippen MR) is 174 cm³/mol. The highest BCUT2D eigenvalue weighted by Crippen LogP contribution is 2.33. The summed E-state index contributed by atoms with van der Waals surface area (Å²) in [6, 6.07) is 14.6. The van der Waals surface area contributed by atoms with Gasteiger partial charge in [-0.2, -0.15) is 4.31 Å². The van der Waals surface area contributed by atoms with Crippen LogP contribution in [0.5, 0.6) is 17.2 Å². The minimum atomic E-state index is -4.85. The molecule has 3 aromatic carbocycles. The summed E-state index contributed by atoms with van der Waals surface area (Å²) in [6.45, 7) is 0.387. The fourth-order valence-electron chi connectivity index (χ4n) is 5.22. The first-order valence-electron chi connectivity index (χ1n) is 15.8. The second kappa shape index (κ2) is 16.5. The van der Waals surface area contributed by atoms with Crippen molar-refractivity contribution >= 4 is 33.2 Å². The first-order valence-corrected chi connectivity index (χ1v) is 17.2. The molecule has 2 heterocycles.